The number of carbonyl (C=O) groups excluding carboxylic acids is 1. The smallest absolute Gasteiger partial charge is 0.264 e. The molecule has 7 heteroatoms. The molecule has 0 bridgehead atoms. The first-order valence-electron chi connectivity index (χ1n) is 6.84. The van der Waals surface area contributed by atoms with Gasteiger partial charge in [-0.2, -0.15) is 5.10 Å². The van der Waals surface area contributed by atoms with Crippen molar-refractivity contribution in [2.24, 2.45) is 5.10 Å². The second-order valence-electron chi connectivity index (χ2n) is 4.88. The molecule has 2 heterocycles. The maximum Gasteiger partial charge on any atom is 0.264 e. The predicted octanol–water partition coefficient (Wildman–Crippen LogP) is 2.04. The van der Waals surface area contributed by atoms with Gasteiger partial charge in [0.05, 0.1) is 11.7 Å². The topological polar surface area (TPSA) is 85.3 Å². The molecule has 0 saturated carbocycles. The molecule has 1 atom stereocenters. The van der Waals surface area contributed by atoms with Gasteiger partial charge in [0.1, 0.15) is 23.1 Å². The zero-order chi connectivity index (χ0) is 15.5. The lowest BCUT2D eigenvalue weighted by Gasteiger charge is -2.10. The number of hydrogen-bond acceptors (Lipinski definition) is 5. The predicted molar refractivity (Wildman–Crippen MR) is 81.4 cm³/mol. The first-order valence-corrected chi connectivity index (χ1v) is 6.84. The van der Waals surface area contributed by atoms with Crippen molar-refractivity contribution in [3.05, 3.63) is 47.9 Å². The van der Waals surface area contributed by atoms with E-state index in [0.29, 0.717) is 5.76 Å². The van der Waals surface area contributed by atoms with Gasteiger partial charge in [0.25, 0.3) is 5.91 Å². The van der Waals surface area contributed by atoms with Gasteiger partial charge in [-0.1, -0.05) is 17.3 Å². The number of furan rings is 1. The summed E-state index contributed by atoms with van der Waals surface area (Å²) in [5.74, 6) is 1.09. The highest BCUT2D eigenvalue weighted by molar-refractivity contribution is 5.84. The molecular weight excluding hydrogens is 282 g/mol. The molecule has 1 N–H and O–H groups in total. The Kier molecular flexibility index (Phi) is 3.69. The van der Waals surface area contributed by atoms with Crippen LogP contribution in [0.3, 0.4) is 0 Å². The van der Waals surface area contributed by atoms with Gasteiger partial charge >= 0.3 is 0 Å². The van der Waals surface area contributed by atoms with E-state index in [-0.39, 0.29) is 5.91 Å². The van der Waals surface area contributed by atoms with Crippen LogP contribution in [0.25, 0.3) is 11.0 Å². The van der Waals surface area contributed by atoms with Gasteiger partial charge in [-0.15, -0.1) is 5.10 Å². The summed E-state index contributed by atoms with van der Waals surface area (Å²) in [4.78, 5) is 12.1. The number of aryl methyl sites for hydroxylation is 1. The largest absolute Gasteiger partial charge is 0.460 e. The van der Waals surface area contributed by atoms with Gasteiger partial charge in [-0.25, -0.2) is 10.1 Å². The van der Waals surface area contributed by atoms with Crippen molar-refractivity contribution in [3.63, 3.8) is 0 Å². The maximum absolute atomic E-state index is 12.1. The number of carbonyl (C=O) groups is 1. The number of hydrogen-bond donors (Lipinski definition) is 1. The molecule has 1 amide bonds. The number of para-hydroxylation sites is 1. The minimum atomic E-state index is -0.525. The number of nitrogens with zero attached hydrogens (tertiary/aromatic N) is 4. The Bertz CT molecular complexity index is 833. The van der Waals surface area contributed by atoms with Crippen LogP contribution in [0.2, 0.25) is 0 Å². The van der Waals surface area contributed by atoms with Crippen LogP contribution in [0.1, 0.15) is 24.5 Å². The fraction of sp³-hybridized carbons (Fsp3) is 0.200. The van der Waals surface area contributed by atoms with Crippen molar-refractivity contribution in [3.8, 4) is 0 Å². The van der Waals surface area contributed by atoms with Crippen LogP contribution in [0.4, 0.5) is 0 Å². The van der Waals surface area contributed by atoms with Crippen LogP contribution in [-0.4, -0.2) is 27.1 Å². The van der Waals surface area contributed by atoms with Crippen LogP contribution in [0.15, 0.2) is 45.9 Å². The molecule has 112 valence electrons. The Morgan fingerprint density at radius 1 is 1.36 bits per heavy atom. The number of hydrazone groups is 1. The summed E-state index contributed by atoms with van der Waals surface area (Å²) >= 11 is 0. The molecule has 0 aliphatic carbocycles. The number of amides is 1. The average Bonchev–Trinajstić information content (AvgIpc) is 3.12. The molecule has 7 nitrogen and oxygen atoms in total. The summed E-state index contributed by atoms with van der Waals surface area (Å²) in [7, 11) is 0. The van der Waals surface area contributed by atoms with Crippen molar-refractivity contribution in [2.75, 3.05) is 0 Å². The number of aromatic nitrogens is 3. The fourth-order valence-corrected chi connectivity index (χ4v) is 2.06. The molecule has 0 aliphatic rings. The lowest BCUT2D eigenvalue weighted by atomic mass is 10.3. The van der Waals surface area contributed by atoms with E-state index >= 15 is 0 Å². The summed E-state index contributed by atoms with van der Waals surface area (Å²) in [6.07, 6.45) is 1.46. The minimum Gasteiger partial charge on any atom is -0.460 e. The minimum absolute atomic E-state index is 0.282. The number of rotatable bonds is 4. The SMILES string of the molecule is Cc1ccc(C=NNC(=O)C(C)n2nnc3ccccc32)o1. The lowest BCUT2D eigenvalue weighted by Crippen LogP contribution is -2.28. The van der Waals surface area contributed by atoms with E-state index in [1.165, 1.54) is 6.21 Å². The quantitative estimate of drug-likeness (QED) is 0.590. The maximum atomic E-state index is 12.1. The van der Waals surface area contributed by atoms with Gasteiger partial charge in [-0.05, 0) is 38.1 Å². The molecule has 1 aromatic carbocycles. The van der Waals surface area contributed by atoms with Crippen LogP contribution < -0.4 is 5.43 Å². The molecule has 22 heavy (non-hydrogen) atoms. The highest BCUT2D eigenvalue weighted by Gasteiger charge is 2.18. The Morgan fingerprint density at radius 3 is 2.95 bits per heavy atom. The van der Waals surface area contributed by atoms with E-state index in [0.717, 1.165) is 16.8 Å². The van der Waals surface area contributed by atoms with E-state index in [2.05, 4.69) is 20.8 Å². The standard InChI is InChI=1S/C15H15N5O2/c1-10-7-8-12(22-10)9-16-18-15(21)11(2)20-14-6-4-3-5-13(14)17-19-20/h3-9,11H,1-2H3,(H,18,21). The number of benzene rings is 1. The molecule has 3 rings (SSSR count). The molecule has 1 unspecified atom stereocenters. The summed E-state index contributed by atoms with van der Waals surface area (Å²) in [5, 5.41) is 11.9. The average molecular weight is 297 g/mol. The normalized spacial score (nSPS) is 12.8. The fourth-order valence-electron chi connectivity index (χ4n) is 2.06. The summed E-state index contributed by atoms with van der Waals surface area (Å²) < 4.78 is 6.89. The van der Waals surface area contributed by atoms with Crippen LogP contribution in [0, 0.1) is 6.92 Å². The van der Waals surface area contributed by atoms with Crippen molar-refractivity contribution >= 4 is 23.2 Å². The van der Waals surface area contributed by atoms with E-state index in [9.17, 15) is 4.79 Å². The molecule has 0 aliphatic heterocycles. The zero-order valence-corrected chi connectivity index (χ0v) is 12.2. The van der Waals surface area contributed by atoms with Gasteiger partial charge < -0.3 is 4.42 Å². The molecule has 0 fully saturated rings. The Morgan fingerprint density at radius 2 is 2.18 bits per heavy atom. The molecule has 0 radical (unpaired) electrons. The Hall–Kier alpha value is -2.96. The van der Waals surface area contributed by atoms with E-state index in [1.807, 2.05) is 37.3 Å². The third-order valence-corrected chi connectivity index (χ3v) is 3.25. The van der Waals surface area contributed by atoms with Crippen LogP contribution >= 0.6 is 0 Å². The molecule has 2 aromatic heterocycles. The third-order valence-electron chi connectivity index (χ3n) is 3.25. The van der Waals surface area contributed by atoms with Crippen LogP contribution in [0.5, 0.6) is 0 Å². The van der Waals surface area contributed by atoms with Gasteiger partial charge in [0.2, 0.25) is 0 Å². The molecule has 0 saturated heterocycles. The first-order chi connectivity index (χ1) is 10.6. The Labute approximate surface area is 126 Å². The van der Waals surface area contributed by atoms with E-state index < -0.39 is 6.04 Å². The van der Waals surface area contributed by atoms with E-state index in [1.54, 1.807) is 17.7 Å². The van der Waals surface area contributed by atoms with Crippen molar-refractivity contribution in [1.29, 1.82) is 0 Å². The third kappa shape index (κ3) is 2.73. The molecular formula is C15H15N5O2. The molecule has 3 aromatic rings. The van der Waals surface area contributed by atoms with Crippen molar-refractivity contribution in [1.82, 2.24) is 20.4 Å². The molecule has 0 spiro atoms. The monoisotopic (exact) mass is 297 g/mol. The van der Waals surface area contributed by atoms with Gasteiger partial charge in [0.15, 0.2) is 0 Å². The summed E-state index contributed by atoms with van der Waals surface area (Å²) in [6.45, 7) is 3.58. The number of nitrogens with one attached hydrogen (secondary N) is 1. The zero-order valence-electron chi connectivity index (χ0n) is 12.2. The Balaban J connectivity index is 1.70. The summed E-state index contributed by atoms with van der Waals surface area (Å²) in [5.41, 5.74) is 4.02. The van der Waals surface area contributed by atoms with Crippen LogP contribution in [-0.2, 0) is 4.79 Å². The second-order valence-corrected chi connectivity index (χ2v) is 4.88. The first kappa shape index (κ1) is 14.0. The van der Waals surface area contributed by atoms with Crippen molar-refractivity contribution < 1.29 is 9.21 Å². The second kappa shape index (κ2) is 5.80. The van der Waals surface area contributed by atoms with Gasteiger partial charge in [-0.3, -0.25) is 4.79 Å². The lowest BCUT2D eigenvalue weighted by molar-refractivity contribution is -0.124. The van der Waals surface area contributed by atoms with E-state index in [4.69, 9.17) is 4.42 Å². The van der Waals surface area contributed by atoms with Crippen molar-refractivity contribution in [2.45, 2.75) is 19.9 Å². The highest BCUT2D eigenvalue weighted by Crippen LogP contribution is 2.15. The summed E-state index contributed by atoms with van der Waals surface area (Å²) in [6, 6.07) is 10.6. The highest BCUT2D eigenvalue weighted by atomic mass is 16.3. The number of fused-ring (bicyclic) bond motifs is 1. The van der Waals surface area contributed by atoms with Gasteiger partial charge in [0, 0.05) is 0 Å².